The predicted molar refractivity (Wildman–Crippen MR) is 95.1 cm³/mol. The van der Waals surface area contributed by atoms with Crippen LogP contribution in [-0.4, -0.2) is 56.3 Å². The van der Waals surface area contributed by atoms with E-state index >= 15 is 0 Å². The van der Waals surface area contributed by atoms with Crippen LogP contribution in [-0.2, 0) is 12.8 Å². The number of carbonyl (C=O) groups is 2. The summed E-state index contributed by atoms with van der Waals surface area (Å²) < 4.78 is 21.5. The van der Waals surface area contributed by atoms with Gasteiger partial charge in [0.1, 0.15) is 6.26 Å². The first-order valence-corrected chi connectivity index (χ1v) is 8.42. The molecule has 0 atom stereocenters. The molecule has 1 aromatic carbocycles. The zero-order valence-corrected chi connectivity index (χ0v) is 15.4. The first-order chi connectivity index (χ1) is 13.0. The number of aromatic carboxylic acids is 1. The number of carbonyl (C=O) groups excluding carboxylic acids is 1. The van der Waals surface area contributed by atoms with E-state index in [1.54, 1.807) is 26.2 Å². The van der Waals surface area contributed by atoms with Crippen LogP contribution in [0.4, 0.5) is 0 Å². The second kappa shape index (κ2) is 7.61. The van der Waals surface area contributed by atoms with Gasteiger partial charge in [0.15, 0.2) is 17.3 Å². The lowest BCUT2D eigenvalue weighted by molar-refractivity contribution is 0.0694. The molecular weight excluding hydrogens is 354 g/mol. The van der Waals surface area contributed by atoms with Gasteiger partial charge in [-0.2, -0.15) is 0 Å². The average Bonchev–Trinajstić information content (AvgIpc) is 3.08. The van der Waals surface area contributed by atoms with Gasteiger partial charge in [0.25, 0.3) is 5.91 Å². The molecule has 2 aromatic rings. The van der Waals surface area contributed by atoms with Crippen LogP contribution in [0.1, 0.15) is 32.0 Å². The van der Waals surface area contributed by atoms with Gasteiger partial charge in [-0.15, -0.1) is 0 Å². The maximum Gasteiger partial charge on any atom is 0.338 e. The van der Waals surface area contributed by atoms with Crippen molar-refractivity contribution in [3.63, 3.8) is 0 Å². The van der Waals surface area contributed by atoms with E-state index in [9.17, 15) is 9.59 Å². The molecule has 2 heterocycles. The van der Waals surface area contributed by atoms with Gasteiger partial charge in [0, 0.05) is 24.7 Å². The van der Waals surface area contributed by atoms with Crippen LogP contribution in [0.2, 0.25) is 0 Å². The van der Waals surface area contributed by atoms with Gasteiger partial charge in [-0.1, -0.05) is 0 Å². The van der Waals surface area contributed by atoms with E-state index in [1.165, 1.54) is 6.07 Å². The van der Waals surface area contributed by atoms with E-state index in [4.69, 9.17) is 23.7 Å². The summed E-state index contributed by atoms with van der Waals surface area (Å²) in [6.07, 6.45) is 2.24. The zero-order chi connectivity index (χ0) is 19.6. The Kier molecular flexibility index (Phi) is 5.25. The fourth-order valence-electron chi connectivity index (χ4n) is 3.30. The molecule has 144 valence electrons. The van der Waals surface area contributed by atoms with Crippen molar-refractivity contribution in [2.45, 2.75) is 12.8 Å². The molecule has 0 saturated heterocycles. The molecule has 0 bridgehead atoms. The normalized spacial score (nSPS) is 13.5. The molecule has 1 aromatic heterocycles. The monoisotopic (exact) mass is 375 g/mol. The van der Waals surface area contributed by atoms with Crippen LogP contribution in [0, 0.1) is 0 Å². The fourth-order valence-corrected chi connectivity index (χ4v) is 3.30. The number of furan rings is 1. The zero-order valence-electron chi connectivity index (χ0n) is 15.4. The van der Waals surface area contributed by atoms with Crippen LogP contribution in [0.15, 0.2) is 22.8 Å². The van der Waals surface area contributed by atoms with E-state index < -0.39 is 5.97 Å². The van der Waals surface area contributed by atoms with E-state index in [1.807, 2.05) is 6.07 Å². The number of carboxylic acids is 1. The Balaban J connectivity index is 1.87. The Labute approximate surface area is 156 Å². The number of hydrogen-bond donors (Lipinski definition) is 1. The molecule has 1 aliphatic heterocycles. The van der Waals surface area contributed by atoms with Crippen molar-refractivity contribution in [2.75, 3.05) is 34.4 Å². The number of nitrogens with zero attached hydrogens (tertiary/aromatic N) is 1. The number of carboxylic acid groups (broad SMARTS) is 1. The highest BCUT2D eigenvalue weighted by molar-refractivity contribution is 5.95. The molecule has 0 unspecified atom stereocenters. The van der Waals surface area contributed by atoms with Crippen molar-refractivity contribution < 1.29 is 33.3 Å². The third-order valence-electron chi connectivity index (χ3n) is 4.65. The number of methoxy groups -OCH3 is 3. The molecule has 0 saturated carbocycles. The van der Waals surface area contributed by atoms with Crippen LogP contribution < -0.4 is 14.2 Å². The predicted octanol–water partition coefficient (Wildman–Crippen LogP) is 2.24. The van der Waals surface area contributed by atoms with Crippen LogP contribution >= 0.6 is 0 Å². The molecule has 8 nitrogen and oxygen atoms in total. The molecule has 1 amide bonds. The Hall–Kier alpha value is -3.16. The minimum Gasteiger partial charge on any atom is -0.493 e. The van der Waals surface area contributed by atoms with E-state index in [-0.39, 0.29) is 17.2 Å². The smallest absolute Gasteiger partial charge is 0.338 e. The SMILES string of the molecule is COc1cc2c(c(OC)c1OC)CCN(C(=O)c1cc(C(=O)O)co1)CC2. The van der Waals surface area contributed by atoms with Crippen LogP contribution in [0.5, 0.6) is 17.2 Å². The lowest BCUT2D eigenvalue weighted by Crippen LogP contribution is -2.33. The Morgan fingerprint density at radius 1 is 1.04 bits per heavy atom. The Morgan fingerprint density at radius 3 is 2.33 bits per heavy atom. The first-order valence-electron chi connectivity index (χ1n) is 8.42. The van der Waals surface area contributed by atoms with E-state index in [2.05, 4.69) is 0 Å². The molecule has 0 radical (unpaired) electrons. The molecule has 0 aliphatic carbocycles. The maximum atomic E-state index is 12.7. The van der Waals surface area contributed by atoms with Crippen molar-refractivity contribution in [1.29, 1.82) is 0 Å². The van der Waals surface area contributed by atoms with E-state index in [0.717, 1.165) is 17.4 Å². The van der Waals surface area contributed by atoms with Gasteiger partial charge in [0.05, 0.1) is 26.9 Å². The number of amides is 1. The van der Waals surface area contributed by atoms with Crippen molar-refractivity contribution >= 4 is 11.9 Å². The van der Waals surface area contributed by atoms with Gasteiger partial charge < -0.3 is 28.6 Å². The van der Waals surface area contributed by atoms with Crippen molar-refractivity contribution in [2.24, 2.45) is 0 Å². The largest absolute Gasteiger partial charge is 0.493 e. The number of benzene rings is 1. The molecule has 1 aliphatic rings. The van der Waals surface area contributed by atoms with Crippen molar-refractivity contribution in [1.82, 2.24) is 4.90 Å². The summed E-state index contributed by atoms with van der Waals surface area (Å²) in [7, 11) is 4.69. The second-order valence-corrected chi connectivity index (χ2v) is 6.08. The van der Waals surface area contributed by atoms with Crippen molar-refractivity contribution in [3.05, 3.63) is 40.8 Å². The van der Waals surface area contributed by atoms with Gasteiger partial charge in [-0.05, 0) is 24.5 Å². The highest BCUT2D eigenvalue weighted by Gasteiger charge is 2.27. The summed E-state index contributed by atoms with van der Waals surface area (Å²) in [5.41, 5.74) is 1.94. The number of fused-ring (bicyclic) bond motifs is 1. The van der Waals surface area contributed by atoms with Gasteiger partial charge >= 0.3 is 5.97 Å². The Morgan fingerprint density at radius 2 is 1.74 bits per heavy atom. The molecule has 1 N–H and O–H groups in total. The molecule has 0 spiro atoms. The standard InChI is InChI=1S/C19H21NO7/c1-24-14-8-11-4-6-20(7-5-13(11)16(25-2)17(14)26-3)18(21)15-9-12(10-27-15)19(22)23/h8-10H,4-7H2,1-3H3,(H,22,23). The third-order valence-corrected chi connectivity index (χ3v) is 4.65. The lowest BCUT2D eigenvalue weighted by atomic mass is 10.0. The second-order valence-electron chi connectivity index (χ2n) is 6.08. The third kappa shape index (κ3) is 3.42. The fraction of sp³-hybridized carbons (Fsp3) is 0.368. The van der Waals surface area contributed by atoms with Crippen LogP contribution in [0.25, 0.3) is 0 Å². The summed E-state index contributed by atoms with van der Waals surface area (Å²) in [6, 6.07) is 3.15. The Bertz CT molecular complexity index is 871. The van der Waals surface area contributed by atoms with Gasteiger partial charge in [-0.3, -0.25) is 4.79 Å². The molecule has 3 rings (SSSR count). The summed E-state index contributed by atoms with van der Waals surface area (Å²) in [5.74, 6) is 0.242. The van der Waals surface area contributed by atoms with Crippen LogP contribution in [0.3, 0.4) is 0 Å². The summed E-state index contributed by atoms with van der Waals surface area (Å²) in [5, 5.41) is 8.99. The number of ether oxygens (including phenoxy) is 3. The van der Waals surface area contributed by atoms with E-state index in [0.29, 0.717) is 43.2 Å². The van der Waals surface area contributed by atoms with Gasteiger partial charge in [-0.25, -0.2) is 4.79 Å². The summed E-state index contributed by atoms with van der Waals surface area (Å²) in [6.45, 7) is 0.911. The molecular formula is C19H21NO7. The summed E-state index contributed by atoms with van der Waals surface area (Å²) in [4.78, 5) is 25.3. The average molecular weight is 375 g/mol. The quantitative estimate of drug-likeness (QED) is 0.856. The van der Waals surface area contributed by atoms with Crippen molar-refractivity contribution in [3.8, 4) is 17.2 Å². The summed E-state index contributed by atoms with van der Waals surface area (Å²) >= 11 is 0. The molecule has 0 fully saturated rings. The maximum absolute atomic E-state index is 12.7. The number of rotatable bonds is 5. The highest BCUT2D eigenvalue weighted by atomic mass is 16.5. The van der Waals surface area contributed by atoms with Gasteiger partial charge in [0.2, 0.25) is 5.75 Å². The first kappa shape index (κ1) is 18.6. The minimum absolute atomic E-state index is 0.0143. The molecule has 27 heavy (non-hydrogen) atoms. The highest BCUT2D eigenvalue weighted by Crippen LogP contribution is 2.43. The minimum atomic E-state index is -1.13. The molecule has 8 heteroatoms. The lowest BCUT2D eigenvalue weighted by Gasteiger charge is -2.19. The number of hydrogen-bond acceptors (Lipinski definition) is 6. The topological polar surface area (TPSA) is 98.4 Å².